The van der Waals surface area contributed by atoms with Crippen molar-refractivity contribution in [2.45, 2.75) is 38.3 Å². The van der Waals surface area contributed by atoms with E-state index in [4.69, 9.17) is 9.84 Å². The van der Waals surface area contributed by atoms with Gasteiger partial charge in [0.1, 0.15) is 6.04 Å². The number of nitrogens with one attached hydrogen (secondary N) is 1. The summed E-state index contributed by atoms with van der Waals surface area (Å²) in [5.41, 5.74) is -0.696. The quantitative estimate of drug-likeness (QED) is 0.622. The highest BCUT2D eigenvalue weighted by molar-refractivity contribution is 5.87. The molecule has 0 aromatic rings. The molecule has 104 valence electrons. The summed E-state index contributed by atoms with van der Waals surface area (Å²) in [7, 11) is 2.60. The minimum absolute atomic E-state index is 0.00550. The Bertz CT molecular complexity index is 325. The van der Waals surface area contributed by atoms with E-state index in [0.29, 0.717) is 0 Å². The lowest BCUT2D eigenvalue weighted by atomic mass is 10.0. The number of esters is 1. The molecule has 1 amide bonds. The second kappa shape index (κ2) is 6.95. The largest absolute Gasteiger partial charge is 0.480 e. The molecule has 0 rings (SSSR count). The van der Waals surface area contributed by atoms with E-state index in [2.05, 4.69) is 10.1 Å². The molecule has 0 bridgehead atoms. The Morgan fingerprint density at radius 3 is 2.22 bits per heavy atom. The molecule has 0 fully saturated rings. The third-order valence-electron chi connectivity index (χ3n) is 2.37. The van der Waals surface area contributed by atoms with E-state index in [1.165, 1.54) is 7.11 Å². The number of hydrogen-bond acceptors (Lipinski definition) is 5. The second-order valence-corrected chi connectivity index (χ2v) is 4.38. The summed E-state index contributed by atoms with van der Waals surface area (Å²) in [6, 6.07) is -1.29. The second-order valence-electron chi connectivity index (χ2n) is 4.38. The number of carboxylic acid groups (broad SMARTS) is 1. The van der Waals surface area contributed by atoms with Gasteiger partial charge in [-0.2, -0.15) is 0 Å². The van der Waals surface area contributed by atoms with Crippen LogP contribution in [0.3, 0.4) is 0 Å². The Kier molecular flexibility index (Phi) is 6.32. The van der Waals surface area contributed by atoms with Crippen molar-refractivity contribution in [3.8, 4) is 0 Å². The first-order valence-corrected chi connectivity index (χ1v) is 5.36. The molecule has 0 saturated heterocycles. The van der Waals surface area contributed by atoms with Crippen molar-refractivity contribution in [2.24, 2.45) is 0 Å². The molecule has 0 aliphatic rings. The van der Waals surface area contributed by atoms with Crippen LogP contribution in [0.15, 0.2) is 0 Å². The summed E-state index contributed by atoms with van der Waals surface area (Å²) in [5, 5.41) is 11.1. The molecule has 0 unspecified atom stereocenters. The minimum atomic E-state index is -1.29. The fraction of sp³-hybridized carbons (Fsp3) is 0.727. The Balaban J connectivity index is 4.46. The predicted molar refractivity (Wildman–Crippen MR) is 61.9 cm³/mol. The van der Waals surface area contributed by atoms with Crippen molar-refractivity contribution >= 4 is 17.8 Å². The number of aliphatic carboxylic acids is 1. The Morgan fingerprint density at radius 1 is 1.28 bits per heavy atom. The van der Waals surface area contributed by atoms with Gasteiger partial charge in [0, 0.05) is 7.11 Å². The summed E-state index contributed by atoms with van der Waals surface area (Å²) in [6.07, 6.45) is -0.417. The Hall–Kier alpha value is -1.63. The van der Waals surface area contributed by atoms with Crippen molar-refractivity contribution in [2.75, 3.05) is 14.2 Å². The fourth-order valence-corrected chi connectivity index (χ4v) is 1.15. The van der Waals surface area contributed by atoms with Crippen LogP contribution in [0, 0.1) is 0 Å². The van der Waals surface area contributed by atoms with Gasteiger partial charge in [-0.3, -0.25) is 9.59 Å². The van der Waals surface area contributed by atoms with Gasteiger partial charge in [-0.25, -0.2) is 4.79 Å². The Morgan fingerprint density at radius 2 is 1.83 bits per heavy atom. The van der Waals surface area contributed by atoms with Crippen LogP contribution < -0.4 is 5.32 Å². The number of methoxy groups -OCH3 is 2. The molecule has 0 aliphatic heterocycles. The molecule has 18 heavy (non-hydrogen) atoms. The van der Waals surface area contributed by atoms with Crippen molar-refractivity contribution in [1.82, 2.24) is 5.32 Å². The summed E-state index contributed by atoms with van der Waals surface area (Å²) >= 11 is 0. The molecule has 0 saturated carbocycles. The topological polar surface area (TPSA) is 102 Å². The molecule has 0 aromatic heterocycles. The highest BCUT2D eigenvalue weighted by atomic mass is 16.5. The van der Waals surface area contributed by atoms with E-state index in [9.17, 15) is 14.4 Å². The number of carboxylic acids is 1. The lowest BCUT2D eigenvalue weighted by Crippen LogP contribution is -2.44. The smallest absolute Gasteiger partial charge is 0.326 e. The van der Waals surface area contributed by atoms with Crippen molar-refractivity contribution < 1.29 is 29.0 Å². The van der Waals surface area contributed by atoms with Crippen LogP contribution >= 0.6 is 0 Å². The van der Waals surface area contributed by atoms with Crippen LogP contribution in [0.25, 0.3) is 0 Å². The molecule has 0 radical (unpaired) electrons. The fourth-order valence-electron chi connectivity index (χ4n) is 1.15. The van der Waals surface area contributed by atoms with Crippen LogP contribution in [-0.2, 0) is 23.9 Å². The van der Waals surface area contributed by atoms with Gasteiger partial charge in [-0.05, 0) is 13.8 Å². The van der Waals surface area contributed by atoms with Gasteiger partial charge in [0.05, 0.1) is 25.6 Å². The lowest BCUT2D eigenvalue weighted by molar-refractivity contribution is -0.149. The highest BCUT2D eigenvalue weighted by Gasteiger charge is 2.27. The van der Waals surface area contributed by atoms with Gasteiger partial charge < -0.3 is 19.9 Å². The van der Waals surface area contributed by atoms with Gasteiger partial charge in [0.15, 0.2) is 0 Å². The first kappa shape index (κ1) is 16.4. The number of ether oxygens (including phenoxy) is 2. The molecule has 7 heteroatoms. The van der Waals surface area contributed by atoms with Crippen molar-refractivity contribution in [3.05, 3.63) is 0 Å². The third kappa shape index (κ3) is 6.19. The first-order chi connectivity index (χ1) is 8.21. The molecule has 0 spiro atoms. The van der Waals surface area contributed by atoms with Gasteiger partial charge >= 0.3 is 11.9 Å². The molecule has 7 nitrogen and oxygen atoms in total. The third-order valence-corrected chi connectivity index (χ3v) is 2.37. The summed E-state index contributed by atoms with van der Waals surface area (Å²) in [4.78, 5) is 33.5. The van der Waals surface area contributed by atoms with Crippen LogP contribution in [0.1, 0.15) is 26.7 Å². The zero-order valence-corrected chi connectivity index (χ0v) is 11.0. The van der Waals surface area contributed by atoms with Crippen LogP contribution in [0.5, 0.6) is 0 Å². The van der Waals surface area contributed by atoms with E-state index in [0.717, 1.165) is 7.11 Å². The van der Waals surface area contributed by atoms with Gasteiger partial charge in [-0.15, -0.1) is 0 Å². The average molecular weight is 261 g/mol. The average Bonchev–Trinajstić information content (AvgIpc) is 2.27. The van der Waals surface area contributed by atoms with Crippen molar-refractivity contribution in [3.63, 3.8) is 0 Å². The molecule has 1 atom stereocenters. The normalized spacial score (nSPS) is 12.7. The van der Waals surface area contributed by atoms with E-state index in [1.54, 1.807) is 13.8 Å². The molecular formula is C11H19NO6. The summed E-state index contributed by atoms with van der Waals surface area (Å²) < 4.78 is 9.41. The molecule has 0 aliphatic carbocycles. The minimum Gasteiger partial charge on any atom is -0.480 e. The van der Waals surface area contributed by atoms with Crippen LogP contribution in [0.4, 0.5) is 0 Å². The Labute approximate surface area is 105 Å². The molecule has 0 aromatic carbocycles. The number of rotatable bonds is 7. The summed E-state index contributed by atoms with van der Waals surface area (Å²) in [6.45, 7) is 3.39. The lowest BCUT2D eigenvalue weighted by Gasteiger charge is -2.23. The molecular weight excluding hydrogens is 242 g/mol. The molecule has 0 heterocycles. The number of carbonyl (C=O) groups is 3. The monoisotopic (exact) mass is 261 g/mol. The van der Waals surface area contributed by atoms with Gasteiger partial charge in [0.2, 0.25) is 5.91 Å². The van der Waals surface area contributed by atoms with E-state index in [-0.39, 0.29) is 6.42 Å². The van der Waals surface area contributed by atoms with Crippen LogP contribution in [-0.4, -0.2) is 48.8 Å². The zero-order valence-electron chi connectivity index (χ0n) is 11.0. The van der Waals surface area contributed by atoms with E-state index in [1.807, 2.05) is 0 Å². The van der Waals surface area contributed by atoms with Crippen molar-refractivity contribution in [1.29, 1.82) is 0 Å². The van der Waals surface area contributed by atoms with Crippen LogP contribution in [0.2, 0.25) is 0 Å². The van der Waals surface area contributed by atoms with E-state index >= 15 is 0 Å². The standard InChI is InChI=1S/C11H19NO6/c1-11(2,18-4)6-8(13)12-7(10(15)16)5-9(14)17-3/h7H,5-6H2,1-4H3,(H,12,13)(H,15,16)/t7-/m0/s1. The maximum absolute atomic E-state index is 11.6. The number of carbonyl (C=O) groups excluding carboxylic acids is 2. The number of amides is 1. The maximum atomic E-state index is 11.6. The first-order valence-electron chi connectivity index (χ1n) is 5.36. The molecule has 2 N–H and O–H groups in total. The van der Waals surface area contributed by atoms with Gasteiger partial charge in [0.25, 0.3) is 0 Å². The zero-order chi connectivity index (χ0) is 14.3. The predicted octanol–water partition coefficient (Wildman–Crippen LogP) is -0.0660. The SMILES string of the molecule is COC(=O)C[C@H](NC(=O)CC(C)(C)OC)C(=O)O. The van der Waals surface area contributed by atoms with E-state index < -0.39 is 35.9 Å². The highest BCUT2D eigenvalue weighted by Crippen LogP contribution is 2.12. The maximum Gasteiger partial charge on any atom is 0.326 e. The van der Waals surface area contributed by atoms with Gasteiger partial charge in [-0.1, -0.05) is 0 Å². The number of hydrogen-bond donors (Lipinski definition) is 2. The summed E-state index contributed by atoms with van der Waals surface area (Å²) in [5.74, 6) is -2.49.